The van der Waals surface area contributed by atoms with Crippen LogP contribution >= 0.6 is 0 Å². The van der Waals surface area contributed by atoms with Gasteiger partial charge in [0.05, 0.1) is 12.2 Å². The highest BCUT2D eigenvalue weighted by Crippen LogP contribution is 2.32. The third kappa shape index (κ3) is 3.41. The summed E-state index contributed by atoms with van der Waals surface area (Å²) in [4.78, 5) is 2.63. The molecule has 1 heterocycles. The second kappa shape index (κ2) is 7.23. The molecule has 1 aromatic rings. The molecule has 114 valence electrons. The molecule has 0 saturated heterocycles. The number of nitrogens with zero attached hydrogens (tertiary/aromatic N) is 3. The zero-order chi connectivity index (χ0) is 14.5. The minimum atomic E-state index is 0.182. The second-order valence-electron chi connectivity index (χ2n) is 6.09. The summed E-state index contributed by atoms with van der Waals surface area (Å²) < 4.78 is 1.89. The number of hydrogen-bond acceptors (Lipinski definition) is 3. The van der Waals surface area contributed by atoms with Crippen LogP contribution in [0.1, 0.15) is 64.0 Å². The van der Waals surface area contributed by atoms with Crippen LogP contribution in [0.4, 0.5) is 0 Å². The lowest BCUT2D eigenvalue weighted by atomic mass is 9.90. The summed E-state index contributed by atoms with van der Waals surface area (Å²) in [6.45, 7) is 5.51. The van der Waals surface area contributed by atoms with Crippen molar-refractivity contribution in [1.29, 1.82) is 0 Å². The molecule has 0 aliphatic heterocycles. The Labute approximate surface area is 123 Å². The molecule has 1 aliphatic rings. The molecular formula is C16H30N4. The van der Waals surface area contributed by atoms with Gasteiger partial charge in [0.2, 0.25) is 0 Å². The van der Waals surface area contributed by atoms with Gasteiger partial charge in [0, 0.05) is 30.9 Å². The Morgan fingerprint density at radius 1 is 1.35 bits per heavy atom. The summed E-state index contributed by atoms with van der Waals surface area (Å²) in [6, 6.07) is 1.18. The molecule has 0 bridgehead atoms. The Bertz CT molecular complexity index is 395. The molecule has 0 amide bonds. The molecule has 1 aliphatic carbocycles. The Morgan fingerprint density at radius 2 is 2.05 bits per heavy atom. The van der Waals surface area contributed by atoms with E-state index in [1.54, 1.807) is 0 Å². The van der Waals surface area contributed by atoms with Gasteiger partial charge in [-0.3, -0.25) is 9.58 Å². The highest BCUT2D eigenvalue weighted by atomic mass is 15.3. The van der Waals surface area contributed by atoms with E-state index >= 15 is 0 Å². The SMILES string of the molecule is CCC(N)C(c1cnn(C)c1)N(CC)C1CCCCC1. The summed E-state index contributed by atoms with van der Waals surface area (Å²) in [7, 11) is 1.98. The molecule has 1 aromatic heterocycles. The van der Waals surface area contributed by atoms with Gasteiger partial charge in [-0.25, -0.2) is 0 Å². The van der Waals surface area contributed by atoms with Crippen molar-refractivity contribution in [2.24, 2.45) is 12.8 Å². The Hall–Kier alpha value is -0.870. The minimum absolute atomic E-state index is 0.182. The Kier molecular flexibility index (Phi) is 5.61. The molecular weight excluding hydrogens is 248 g/mol. The van der Waals surface area contributed by atoms with Crippen molar-refractivity contribution < 1.29 is 0 Å². The van der Waals surface area contributed by atoms with Gasteiger partial charge in [-0.1, -0.05) is 33.1 Å². The lowest BCUT2D eigenvalue weighted by Gasteiger charge is -2.41. The Morgan fingerprint density at radius 3 is 2.55 bits per heavy atom. The lowest BCUT2D eigenvalue weighted by Crippen LogP contribution is -2.46. The molecule has 1 fully saturated rings. The smallest absolute Gasteiger partial charge is 0.0538 e. The molecule has 2 atom stereocenters. The van der Waals surface area contributed by atoms with Crippen LogP contribution in [0.15, 0.2) is 12.4 Å². The van der Waals surface area contributed by atoms with Crippen LogP contribution in [0, 0.1) is 0 Å². The first-order chi connectivity index (χ1) is 9.67. The number of aryl methyl sites for hydroxylation is 1. The fraction of sp³-hybridized carbons (Fsp3) is 0.812. The zero-order valence-electron chi connectivity index (χ0n) is 13.3. The van der Waals surface area contributed by atoms with Crippen molar-refractivity contribution in [3.05, 3.63) is 18.0 Å². The zero-order valence-corrected chi connectivity index (χ0v) is 13.3. The highest BCUT2D eigenvalue weighted by molar-refractivity contribution is 5.14. The quantitative estimate of drug-likeness (QED) is 0.870. The van der Waals surface area contributed by atoms with Crippen LogP contribution in [0.5, 0.6) is 0 Å². The summed E-state index contributed by atoms with van der Waals surface area (Å²) in [5, 5.41) is 4.35. The largest absolute Gasteiger partial charge is 0.326 e. The summed E-state index contributed by atoms with van der Waals surface area (Å²) >= 11 is 0. The molecule has 20 heavy (non-hydrogen) atoms. The molecule has 4 nitrogen and oxygen atoms in total. The van der Waals surface area contributed by atoms with Gasteiger partial charge in [-0.2, -0.15) is 5.10 Å². The lowest BCUT2D eigenvalue weighted by molar-refractivity contribution is 0.0931. The van der Waals surface area contributed by atoms with Crippen molar-refractivity contribution in [1.82, 2.24) is 14.7 Å². The first kappa shape index (κ1) is 15.5. The van der Waals surface area contributed by atoms with E-state index in [1.165, 1.54) is 37.7 Å². The number of rotatable bonds is 6. The van der Waals surface area contributed by atoms with Crippen LogP contribution in [-0.4, -0.2) is 33.3 Å². The molecule has 0 spiro atoms. The molecule has 2 rings (SSSR count). The predicted molar refractivity (Wildman–Crippen MR) is 83.5 cm³/mol. The van der Waals surface area contributed by atoms with E-state index in [0.29, 0.717) is 12.1 Å². The fourth-order valence-electron chi connectivity index (χ4n) is 3.60. The van der Waals surface area contributed by atoms with Gasteiger partial charge in [0.25, 0.3) is 0 Å². The van der Waals surface area contributed by atoms with E-state index in [1.807, 2.05) is 17.9 Å². The third-order valence-electron chi connectivity index (χ3n) is 4.71. The molecule has 1 saturated carbocycles. The topological polar surface area (TPSA) is 47.1 Å². The maximum Gasteiger partial charge on any atom is 0.0538 e. The average Bonchev–Trinajstić information content (AvgIpc) is 2.90. The molecule has 4 heteroatoms. The summed E-state index contributed by atoms with van der Waals surface area (Å²) in [5.41, 5.74) is 7.74. The number of aromatic nitrogens is 2. The fourth-order valence-corrected chi connectivity index (χ4v) is 3.60. The van der Waals surface area contributed by atoms with Crippen LogP contribution in [-0.2, 0) is 7.05 Å². The van der Waals surface area contributed by atoms with Crippen LogP contribution in [0.25, 0.3) is 0 Å². The van der Waals surface area contributed by atoms with Crippen molar-refractivity contribution in [2.75, 3.05) is 6.54 Å². The Balaban J connectivity index is 2.23. The first-order valence-corrected chi connectivity index (χ1v) is 8.17. The average molecular weight is 278 g/mol. The summed E-state index contributed by atoms with van der Waals surface area (Å²) in [5.74, 6) is 0. The highest BCUT2D eigenvalue weighted by Gasteiger charge is 2.31. The van der Waals surface area contributed by atoms with Crippen molar-refractivity contribution in [3.63, 3.8) is 0 Å². The maximum atomic E-state index is 6.46. The van der Waals surface area contributed by atoms with Crippen LogP contribution < -0.4 is 5.73 Å². The van der Waals surface area contributed by atoms with E-state index in [9.17, 15) is 0 Å². The third-order valence-corrected chi connectivity index (χ3v) is 4.71. The van der Waals surface area contributed by atoms with E-state index in [0.717, 1.165) is 13.0 Å². The normalized spacial score (nSPS) is 20.2. The molecule has 2 N–H and O–H groups in total. The van der Waals surface area contributed by atoms with Crippen molar-refractivity contribution >= 4 is 0 Å². The van der Waals surface area contributed by atoms with E-state index in [4.69, 9.17) is 5.73 Å². The van der Waals surface area contributed by atoms with Gasteiger partial charge in [-0.15, -0.1) is 0 Å². The van der Waals surface area contributed by atoms with E-state index in [2.05, 4.69) is 30.0 Å². The van der Waals surface area contributed by atoms with Gasteiger partial charge in [0.1, 0.15) is 0 Å². The van der Waals surface area contributed by atoms with E-state index < -0.39 is 0 Å². The number of hydrogen-bond donors (Lipinski definition) is 1. The van der Waals surface area contributed by atoms with Gasteiger partial charge < -0.3 is 5.73 Å². The minimum Gasteiger partial charge on any atom is -0.326 e. The molecule has 0 radical (unpaired) electrons. The monoisotopic (exact) mass is 278 g/mol. The number of nitrogens with two attached hydrogens (primary N) is 1. The maximum absolute atomic E-state index is 6.46. The van der Waals surface area contributed by atoms with E-state index in [-0.39, 0.29) is 6.04 Å². The standard InChI is InChI=1S/C16H30N4/c1-4-15(17)16(13-11-18-19(3)12-13)20(5-2)14-9-7-6-8-10-14/h11-12,14-16H,4-10,17H2,1-3H3. The van der Waals surface area contributed by atoms with Crippen molar-refractivity contribution in [3.8, 4) is 0 Å². The van der Waals surface area contributed by atoms with Gasteiger partial charge in [0.15, 0.2) is 0 Å². The molecule has 2 unspecified atom stereocenters. The number of likely N-dealkylation sites (N-methyl/N-ethyl adjacent to an activating group) is 1. The molecule has 0 aromatic carbocycles. The van der Waals surface area contributed by atoms with Crippen LogP contribution in [0.3, 0.4) is 0 Å². The summed E-state index contributed by atoms with van der Waals surface area (Å²) in [6.07, 6.45) is 11.9. The van der Waals surface area contributed by atoms with Gasteiger partial charge >= 0.3 is 0 Å². The van der Waals surface area contributed by atoms with Crippen LogP contribution in [0.2, 0.25) is 0 Å². The first-order valence-electron chi connectivity index (χ1n) is 8.17. The van der Waals surface area contributed by atoms with Gasteiger partial charge in [-0.05, 0) is 25.8 Å². The second-order valence-corrected chi connectivity index (χ2v) is 6.09. The predicted octanol–water partition coefficient (Wildman–Crippen LogP) is 2.85. The van der Waals surface area contributed by atoms with Crippen molar-refractivity contribution in [2.45, 2.75) is 70.5 Å².